The van der Waals surface area contributed by atoms with Gasteiger partial charge in [-0.3, -0.25) is 0 Å². The SMILES string of the molecule is OCC12C=CC3=C(c4c(Cl)cccc43)C1O2. The number of benzene rings is 1. The van der Waals surface area contributed by atoms with Crippen molar-refractivity contribution in [1.82, 2.24) is 0 Å². The molecule has 2 unspecified atom stereocenters. The fourth-order valence-electron chi connectivity index (χ4n) is 2.70. The number of halogens is 1. The zero-order chi connectivity index (χ0) is 10.9. The molecule has 1 aliphatic heterocycles. The van der Waals surface area contributed by atoms with E-state index in [-0.39, 0.29) is 12.7 Å². The molecule has 1 aromatic rings. The first kappa shape index (κ1) is 8.99. The molecule has 2 atom stereocenters. The summed E-state index contributed by atoms with van der Waals surface area (Å²) in [6.45, 7) is 0.0325. The zero-order valence-corrected chi connectivity index (χ0v) is 9.16. The molecule has 0 bridgehead atoms. The second-order valence-electron chi connectivity index (χ2n) is 4.43. The van der Waals surface area contributed by atoms with Gasteiger partial charge in [0.05, 0.1) is 6.61 Å². The Hall–Kier alpha value is -1.09. The molecule has 1 N–H and O–H groups in total. The number of hydrogen-bond donors (Lipinski definition) is 1. The van der Waals surface area contributed by atoms with Crippen LogP contribution < -0.4 is 0 Å². The summed E-state index contributed by atoms with van der Waals surface area (Å²) < 4.78 is 5.61. The van der Waals surface area contributed by atoms with E-state index in [1.54, 1.807) is 0 Å². The Balaban J connectivity index is 1.88. The van der Waals surface area contributed by atoms with Crippen molar-refractivity contribution in [3.63, 3.8) is 0 Å². The number of aliphatic hydroxyl groups excluding tert-OH is 1. The Morgan fingerprint density at radius 1 is 1.44 bits per heavy atom. The summed E-state index contributed by atoms with van der Waals surface area (Å²) in [6.07, 6.45) is 4.00. The van der Waals surface area contributed by atoms with Gasteiger partial charge in [0.15, 0.2) is 0 Å². The first-order valence-corrected chi connectivity index (χ1v) is 5.66. The number of epoxide rings is 1. The van der Waals surface area contributed by atoms with Crippen LogP contribution >= 0.6 is 11.6 Å². The summed E-state index contributed by atoms with van der Waals surface area (Å²) in [5.41, 5.74) is 4.21. The Morgan fingerprint density at radius 2 is 2.31 bits per heavy atom. The summed E-state index contributed by atoms with van der Waals surface area (Å²) in [7, 11) is 0. The smallest absolute Gasteiger partial charge is 0.141 e. The van der Waals surface area contributed by atoms with Crippen molar-refractivity contribution >= 4 is 22.7 Å². The van der Waals surface area contributed by atoms with Crippen molar-refractivity contribution in [2.45, 2.75) is 11.7 Å². The van der Waals surface area contributed by atoms with E-state index in [9.17, 15) is 5.11 Å². The van der Waals surface area contributed by atoms with E-state index in [1.807, 2.05) is 24.3 Å². The number of allylic oxidation sites excluding steroid dienone is 2. The van der Waals surface area contributed by atoms with Crippen LogP contribution in [0, 0.1) is 0 Å². The topological polar surface area (TPSA) is 32.8 Å². The minimum atomic E-state index is -0.463. The van der Waals surface area contributed by atoms with Crippen LogP contribution in [0.5, 0.6) is 0 Å². The molecule has 1 heterocycles. The second kappa shape index (κ2) is 2.59. The molecule has 1 saturated heterocycles. The van der Waals surface area contributed by atoms with E-state index in [2.05, 4.69) is 6.07 Å². The molecule has 0 spiro atoms. The molecule has 0 saturated carbocycles. The highest BCUT2D eigenvalue weighted by Gasteiger charge is 2.60. The third-order valence-electron chi connectivity index (χ3n) is 3.63. The lowest BCUT2D eigenvalue weighted by Gasteiger charge is -2.29. The number of aliphatic hydroxyl groups is 1. The summed E-state index contributed by atoms with van der Waals surface area (Å²) in [5.74, 6) is 0. The molecular weight excluding hydrogens is 224 g/mol. The van der Waals surface area contributed by atoms with Crippen LogP contribution in [0.1, 0.15) is 11.1 Å². The summed E-state index contributed by atoms with van der Waals surface area (Å²) in [6, 6.07) is 5.92. The molecule has 3 heteroatoms. The van der Waals surface area contributed by atoms with Gasteiger partial charge in [-0.25, -0.2) is 0 Å². The molecule has 0 aromatic heterocycles. The molecular formula is C13H9ClO2. The molecule has 0 radical (unpaired) electrons. The van der Waals surface area contributed by atoms with Crippen LogP contribution in [0.3, 0.4) is 0 Å². The lowest BCUT2D eigenvalue weighted by Crippen LogP contribution is -2.24. The molecule has 3 aliphatic rings. The van der Waals surface area contributed by atoms with Gasteiger partial charge in [-0.2, -0.15) is 0 Å². The van der Waals surface area contributed by atoms with Gasteiger partial charge in [-0.15, -0.1) is 0 Å². The van der Waals surface area contributed by atoms with Crippen molar-refractivity contribution < 1.29 is 9.84 Å². The quantitative estimate of drug-likeness (QED) is 0.754. The molecule has 2 nitrogen and oxygen atoms in total. The van der Waals surface area contributed by atoms with Crippen LogP contribution in [-0.4, -0.2) is 23.4 Å². The normalized spacial score (nSPS) is 32.8. The van der Waals surface area contributed by atoms with Crippen LogP contribution in [0.2, 0.25) is 5.02 Å². The van der Waals surface area contributed by atoms with Gasteiger partial charge < -0.3 is 9.84 Å². The van der Waals surface area contributed by atoms with Crippen LogP contribution in [0.25, 0.3) is 11.1 Å². The Bertz CT molecular complexity index is 573. The van der Waals surface area contributed by atoms with E-state index in [0.29, 0.717) is 0 Å². The van der Waals surface area contributed by atoms with Crippen LogP contribution in [0.4, 0.5) is 0 Å². The van der Waals surface area contributed by atoms with Crippen LogP contribution in [-0.2, 0) is 4.74 Å². The molecule has 1 aromatic carbocycles. The van der Waals surface area contributed by atoms with Crippen molar-refractivity contribution in [1.29, 1.82) is 0 Å². The molecule has 4 rings (SSSR count). The number of hydrogen-bond acceptors (Lipinski definition) is 2. The van der Waals surface area contributed by atoms with Crippen LogP contribution in [0.15, 0.2) is 30.4 Å². The third-order valence-corrected chi connectivity index (χ3v) is 3.94. The summed E-state index contributed by atoms with van der Waals surface area (Å²) in [4.78, 5) is 0. The molecule has 0 amide bonds. The number of ether oxygens (including phenoxy) is 1. The maximum absolute atomic E-state index is 9.31. The summed E-state index contributed by atoms with van der Waals surface area (Å²) >= 11 is 6.18. The zero-order valence-electron chi connectivity index (χ0n) is 8.40. The first-order chi connectivity index (χ1) is 7.77. The minimum absolute atomic E-state index is 0.00454. The molecule has 16 heavy (non-hydrogen) atoms. The van der Waals surface area contributed by atoms with Crippen molar-refractivity contribution in [2.75, 3.05) is 6.61 Å². The Morgan fingerprint density at radius 3 is 3.12 bits per heavy atom. The second-order valence-corrected chi connectivity index (χ2v) is 4.84. The Labute approximate surface area is 97.8 Å². The average molecular weight is 233 g/mol. The minimum Gasteiger partial charge on any atom is -0.393 e. The van der Waals surface area contributed by atoms with Gasteiger partial charge in [0.25, 0.3) is 0 Å². The highest BCUT2D eigenvalue weighted by Crippen LogP contribution is 2.59. The highest BCUT2D eigenvalue weighted by molar-refractivity contribution is 6.34. The van der Waals surface area contributed by atoms with Crippen molar-refractivity contribution in [3.05, 3.63) is 46.5 Å². The number of fused-ring (bicyclic) bond motifs is 5. The molecule has 80 valence electrons. The predicted molar refractivity (Wildman–Crippen MR) is 62.1 cm³/mol. The highest BCUT2D eigenvalue weighted by atomic mass is 35.5. The lowest BCUT2D eigenvalue weighted by molar-refractivity contribution is 0.203. The average Bonchev–Trinajstić information content (AvgIpc) is 2.98. The monoisotopic (exact) mass is 232 g/mol. The van der Waals surface area contributed by atoms with E-state index in [0.717, 1.165) is 16.2 Å². The maximum atomic E-state index is 9.31. The van der Waals surface area contributed by atoms with Gasteiger partial charge in [0, 0.05) is 16.2 Å². The fraction of sp³-hybridized carbons (Fsp3) is 0.231. The van der Waals surface area contributed by atoms with Crippen molar-refractivity contribution in [3.8, 4) is 0 Å². The Kier molecular flexibility index (Phi) is 1.46. The maximum Gasteiger partial charge on any atom is 0.141 e. The molecule has 1 fully saturated rings. The van der Waals surface area contributed by atoms with Gasteiger partial charge in [-0.1, -0.05) is 29.8 Å². The van der Waals surface area contributed by atoms with E-state index in [1.165, 1.54) is 11.1 Å². The summed E-state index contributed by atoms with van der Waals surface area (Å²) in [5, 5.41) is 10.1. The van der Waals surface area contributed by atoms with Gasteiger partial charge in [0.2, 0.25) is 0 Å². The van der Waals surface area contributed by atoms with Gasteiger partial charge in [-0.05, 0) is 23.3 Å². The van der Waals surface area contributed by atoms with Gasteiger partial charge >= 0.3 is 0 Å². The van der Waals surface area contributed by atoms with E-state index in [4.69, 9.17) is 16.3 Å². The lowest BCUT2D eigenvalue weighted by atomic mass is 9.73. The predicted octanol–water partition coefficient (Wildman–Crippen LogP) is 2.26. The number of rotatable bonds is 1. The fourth-order valence-corrected chi connectivity index (χ4v) is 2.98. The third kappa shape index (κ3) is 0.832. The van der Waals surface area contributed by atoms with E-state index < -0.39 is 5.60 Å². The largest absolute Gasteiger partial charge is 0.393 e. The standard InChI is InChI=1S/C13H9ClO2/c14-9-3-1-2-7-8-4-5-13(6-15)12(16-13)11(8)10(7)9/h1-5,12,15H,6H2. The van der Waals surface area contributed by atoms with E-state index >= 15 is 0 Å². The molecule has 2 aliphatic carbocycles. The first-order valence-electron chi connectivity index (χ1n) is 5.28. The van der Waals surface area contributed by atoms with Gasteiger partial charge in [0.1, 0.15) is 11.7 Å². The van der Waals surface area contributed by atoms with Crippen molar-refractivity contribution in [2.24, 2.45) is 0 Å².